The number of benzene rings is 2. The normalized spacial score (nSPS) is 27.0. The van der Waals surface area contributed by atoms with Crippen molar-refractivity contribution in [3.05, 3.63) is 54.1 Å². The molecule has 0 radical (unpaired) electrons. The van der Waals surface area contributed by atoms with E-state index in [9.17, 15) is 4.79 Å². The molecule has 0 aromatic heterocycles. The van der Waals surface area contributed by atoms with Crippen LogP contribution in [-0.2, 0) is 4.79 Å². The summed E-state index contributed by atoms with van der Waals surface area (Å²) < 4.78 is 0. The monoisotopic (exact) mass is 320 g/mol. The van der Waals surface area contributed by atoms with Gasteiger partial charge in [-0.1, -0.05) is 42.5 Å². The van der Waals surface area contributed by atoms with E-state index in [4.69, 9.17) is 0 Å². The predicted octanol–water partition coefficient (Wildman–Crippen LogP) is 3.59. The molecule has 2 fully saturated rings. The number of nitrogens with zero attached hydrogens (tertiary/aromatic N) is 1. The number of carbonyl (C=O) groups is 1. The number of nitrogens with one attached hydrogen (secondary N) is 1. The summed E-state index contributed by atoms with van der Waals surface area (Å²) in [6, 6.07) is 16.1. The molecule has 0 saturated carbocycles. The summed E-state index contributed by atoms with van der Waals surface area (Å²) in [6.07, 6.45) is 8.34. The molecular weight excluding hydrogens is 296 g/mol. The largest absolute Gasteiger partial charge is 0.350 e. The maximum atomic E-state index is 12.3. The molecule has 2 bridgehead atoms. The molecule has 24 heavy (non-hydrogen) atoms. The van der Waals surface area contributed by atoms with Gasteiger partial charge in [0.1, 0.15) is 0 Å². The molecule has 3 heteroatoms. The van der Waals surface area contributed by atoms with Crippen molar-refractivity contribution in [1.82, 2.24) is 10.2 Å². The Morgan fingerprint density at radius 1 is 1.08 bits per heavy atom. The summed E-state index contributed by atoms with van der Waals surface area (Å²) in [5.74, 6) is 0.0249. The lowest BCUT2D eigenvalue weighted by atomic mass is 9.98. The Labute approximate surface area is 143 Å². The number of piperidine rings is 1. The fraction of sp³-hybridized carbons (Fsp3) is 0.381. The van der Waals surface area contributed by atoms with Gasteiger partial charge in [0.15, 0.2) is 0 Å². The molecule has 2 saturated heterocycles. The summed E-state index contributed by atoms with van der Waals surface area (Å²) in [7, 11) is 2.22. The Morgan fingerprint density at radius 2 is 1.79 bits per heavy atom. The van der Waals surface area contributed by atoms with Crippen LogP contribution in [0.2, 0.25) is 0 Å². The number of carbonyl (C=O) groups excluding carboxylic acids is 1. The van der Waals surface area contributed by atoms with E-state index in [2.05, 4.69) is 41.5 Å². The van der Waals surface area contributed by atoms with E-state index < -0.39 is 0 Å². The van der Waals surface area contributed by atoms with Crippen LogP contribution in [0, 0.1) is 0 Å². The van der Waals surface area contributed by atoms with E-state index in [0.717, 1.165) is 18.4 Å². The predicted molar refractivity (Wildman–Crippen MR) is 98.7 cm³/mol. The Kier molecular flexibility index (Phi) is 4.11. The standard InChI is InChI=1S/C21H24N2O/c1-23-18-10-11-19(23)14-17(13-18)22-21(24)12-9-16-7-4-6-15-5-2-3-8-20(15)16/h2-9,12,17-19H,10-11,13-14H2,1H3,(H,22,24)/b12-9+/t18-,19-/m1/s1. The highest BCUT2D eigenvalue weighted by Gasteiger charge is 2.38. The van der Waals surface area contributed by atoms with Crippen LogP contribution in [0.3, 0.4) is 0 Å². The van der Waals surface area contributed by atoms with Crippen molar-refractivity contribution in [2.45, 2.75) is 43.8 Å². The first kappa shape index (κ1) is 15.4. The summed E-state index contributed by atoms with van der Waals surface area (Å²) in [5.41, 5.74) is 1.09. The molecule has 3 nitrogen and oxygen atoms in total. The van der Waals surface area contributed by atoms with Gasteiger partial charge in [-0.05, 0) is 55.1 Å². The fourth-order valence-corrected chi connectivity index (χ4v) is 4.34. The third-order valence-corrected chi connectivity index (χ3v) is 5.68. The van der Waals surface area contributed by atoms with Gasteiger partial charge < -0.3 is 10.2 Å². The molecule has 0 aliphatic carbocycles. The van der Waals surface area contributed by atoms with Crippen molar-refractivity contribution in [2.24, 2.45) is 0 Å². The first-order valence-electron chi connectivity index (χ1n) is 8.89. The van der Waals surface area contributed by atoms with Crippen LogP contribution in [0.5, 0.6) is 0 Å². The van der Waals surface area contributed by atoms with Gasteiger partial charge in [0.2, 0.25) is 5.91 Å². The quantitative estimate of drug-likeness (QED) is 0.877. The lowest BCUT2D eigenvalue weighted by Gasteiger charge is -2.36. The van der Waals surface area contributed by atoms with Crippen molar-refractivity contribution in [1.29, 1.82) is 0 Å². The van der Waals surface area contributed by atoms with Crippen LogP contribution in [-0.4, -0.2) is 36.0 Å². The van der Waals surface area contributed by atoms with Gasteiger partial charge in [-0.3, -0.25) is 4.79 Å². The Morgan fingerprint density at radius 3 is 2.58 bits per heavy atom. The van der Waals surface area contributed by atoms with E-state index in [-0.39, 0.29) is 5.91 Å². The average Bonchev–Trinajstić information content (AvgIpc) is 2.81. The molecular formula is C21H24N2O. The minimum atomic E-state index is 0.0249. The van der Waals surface area contributed by atoms with Gasteiger partial charge in [0.05, 0.1) is 0 Å². The number of fused-ring (bicyclic) bond motifs is 3. The first-order valence-corrected chi connectivity index (χ1v) is 8.89. The van der Waals surface area contributed by atoms with Crippen LogP contribution >= 0.6 is 0 Å². The lowest BCUT2D eigenvalue weighted by Crippen LogP contribution is -2.48. The van der Waals surface area contributed by atoms with Crippen molar-refractivity contribution >= 4 is 22.8 Å². The van der Waals surface area contributed by atoms with Crippen LogP contribution < -0.4 is 5.32 Å². The lowest BCUT2D eigenvalue weighted by molar-refractivity contribution is -0.117. The topological polar surface area (TPSA) is 32.3 Å². The minimum absolute atomic E-state index is 0.0249. The maximum absolute atomic E-state index is 12.3. The molecule has 2 heterocycles. The third-order valence-electron chi connectivity index (χ3n) is 5.68. The van der Waals surface area contributed by atoms with E-state index in [0.29, 0.717) is 18.1 Å². The van der Waals surface area contributed by atoms with Gasteiger partial charge in [0, 0.05) is 24.2 Å². The first-order chi connectivity index (χ1) is 11.7. The molecule has 1 N–H and O–H groups in total. The Balaban J connectivity index is 1.43. The molecule has 124 valence electrons. The molecule has 2 aromatic carbocycles. The highest BCUT2D eigenvalue weighted by atomic mass is 16.1. The molecule has 2 aromatic rings. The number of amides is 1. The second-order valence-corrected chi connectivity index (χ2v) is 7.13. The second-order valence-electron chi connectivity index (χ2n) is 7.13. The molecule has 2 aliphatic rings. The minimum Gasteiger partial charge on any atom is -0.350 e. The van der Waals surface area contributed by atoms with Crippen LogP contribution in [0.25, 0.3) is 16.8 Å². The molecule has 2 aliphatic heterocycles. The van der Waals surface area contributed by atoms with E-state index in [1.54, 1.807) is 6.08 Å². The number of hydrogen-bond donors (Lipinski definition) is 1. The maximum Gasteiger partial charge on any atom is 0.244 e. The molecule has 2 atom stereocenters. The summed E-state index contributed by atoms with van der Waals surface area (Å²) >= 11 is 0. The van der Waals surface area contributed by atoms with Crippen molar-refractivity contribution < 1.29 is 4.79 Å². The van der Waals surface area contributed by atoms with Gasteiger partial charge in [0.25, 0.3) is 0 Å². The highest BCUT2D eigenvalue weighted by molar-refractivity contribution is 5.96. The van der Waals surface area contributed by atoms with Gasteiger partial charge >= 0.3 is 0 Å². The molecule has 0 unspecified atom stereocenters. The molecule has 1 amide bonds. The fourth-order valence-electron chi connectivity index (χ4n) is 4.34. The van der Waals surface area contributed by atoms with E-state index >= 15 is 0 Å². The SMILES string of the molecule is CN1[C@@H]2CC[C@@H]1CC(NC(=O)/C=C/c1cccc3ccccc13)C2. The zero-order valence-electron chi connectivity index (χ0n) is 14.1. The second kappa shape index (κ2) is 6.40. The Hall–Kier alpha value is -2.13. The van der Waals surface area contributed by atoms with E-state index in [1.807, 2.05) is 24.3 Å². The van der Waals surface area contributed by atoms with Gasteiger partial charge in [-0.2, -0.15) is 0 Å². The zero-order chi connectivity index (χ0) is 16.5. The van der Waals surface area contributed by atoms with Crippen molar-refractivity contribution in [2.75, 3.05) is 7.05 Å². The van der Waals surface area contributed by atoms with Crippen LogP contribution in [0.1, 0.15) is 31.2 Å². The van der Waals surface area contributed by atoms with Gasteiger partial charge in [-0.25, -0.2) is 0 Å². The number of rotatable bonds is 3. The summed E-state index contributed by atoms with van der Waals surface area (Å²) in [6.45, 7) is 0. The van der Waals surface area contributed by atoms with E-state index in [1.165, 1.54) is 23.6 Å². The highest BCUT2D eigenvalue weighted by Crippen LogP contribution is 2.34. The van der Waals surface area contributed by atoms with Gasteiger partial charge in [-0.15, -0.1) is 0 Å². The Bertz CT molecular complexity index is 763. The zero-order valence-corrected chi connectivity index (χ0v) is 14.1. The van der Waals surface area contributed by atoms with Crippen molar-refractivity contribution in [3.63, 3.8) is 0 Å². The average molecular weight is 320 g/mol. The number of hydrogen-bond acceptors (Lipinski definition) is 2. The van der Waals surface area contributed by atoms with Crippen molar-refractivity contribution in [3.8, 4) is 0 Å². The third kappa shape index (κ3) is 2.96. The molecule has 0 spiro atoms. The summed E-state index contributed by atoms with van der Waals surface area (Å²) in [4.78, 5) is 14.8. The smallest absolute Gasteiger partial charge is 0.244 e. The molecule has 4 rings (SSSR count). The summed E-state index contributed by atoms with van der Waals surface area (Å²) in [5, 5.41) is 5.59. The van der Waals surface area contributed by atoms with Crippen LogP contribution in [0.15, 0.2) is 48.5 Å². The van der Waals surface area contributed by atoms with Crippen LogP contribution in [0.4, 0.5) is 0 Å².